The molecule has 0 spiro atoms. The molecule has 0 bridgehead atoms. The molecule has 128 valence electrons. The van der Waals surface area contributed by atoms with E-state index in [0.717, 1.165) is 36.7 Å². The van der Waals surface area contributed by atoms with E-state index < -0.39 is 0 Å². The van der Waals surface area contributed by atoms with Gasteiger partial charge < -0.3 is 9.64 Å². The number of nitrogens with zero attached hydrogens (tertiary/aromatic N) is 4. The lowest BCUT2D eigenvalue weighted by atomic mass is 9.99. The highest BCUT2D eigenvalue weighted by Gasteiger charge is 2.38. The van der Waals surface area contributed by atoms with Gasteiger partial charge >= 0.3 is 0 Å². The Morgan fingerprint density at radius 1 is 1.08 bits per heavy atom. The Hall–Kier alpha value is -2.01. The van der Waals surface area contributed by atoms with Gasteiger partial charge in [0.2, 0.25) is 0 Å². The Morgan fingerprint density at radius 2 is 1.79 bits per heavy atom. The molecule has 5 heteroatoms. The summed E-state index contributed by atoms with van der Waals surface area (Å²) in [6, 6.07) is 7.90. The monoisotopic (exact) mass is 326 g/mol. The van der Waals surface area contributed by atoms with Crippen molar-refractivity contribution in [2.24, 2.45) is 0 Å². The maximum atomic E-state index is 6.19. The summed E-state index contributed by atoms with van der Waals surface area (Å²) in [6.07, 6.45) is 2.64. The van der Waals surface area contributed by atoms with Gasteiger partial charge in [-0.05, 0) is 46.2 Å². The highest BCUT2D eigenvalue weighted by atomic mass is 16.5. The van der Waals surface area contributed by atoms with Gasteiger partial charge in [0.05, 0.1) is 11.2 Å². The second-order valence-electron chi connectivity index (χ2n) is 7.59. The molecule has 1 fully saturated rings. The molecule has 0 atom stereocenters. The van der Waals surface area contributed by atoms with Crippen molar-refractivity contribution < 1.29 is 4.74 Å². The highest BCUT2D eigenvalue weighted by Crippen LogP contribution is 2.31. The zero-order valence-electron chi connectivity index (χ0n) is 15.2. The van der Waals surface area contributed by atoms with E-state index in [4.69, 9.17) is 9.72 Å². The first-order valence-corrected chi connectivity index (χ1v) is 8.52. The molecular formula is C19H26N4O. The second kappa shape index (κ2) is 6.13. The van der Waals surface area contributed by atoms with Crippen LogP contribution in [-0.2, 0) is 11.2 Å². The summed E-state index contributed by atoms with van der Waals surface area (Å²) in [5.41, 5.74) is 1.40. The zero-order chi connectivity index (χ0) is 17.4. The predicted molar refractivity (Wildman–Crippen MR) is 96.1 cm³/mol. The van der Waals surface area contributed by atoms with Gasteiger partial charge in [0.25, 0.3) is 0 Å². The Kier molecular flexibility index (Phi) is 4.30. The lowest BCUT2D eigenvalue weighted by molar-refractivity contribution is -0.133. The fourth-order valence-corrected chi connectivity index (χ4v) is 3.39. The topological polar surface area (TPSA) is 51.1 Å². The highest BCUT2D eigenvalue weighted by molar-refractivity contribution is 5.54. The molecule has 0 saturated carbocycles. The van der Waals surface area contributed by atoms with Gasteiger partial charge in [-0.1, -0.05) is 13.0 Å². The average Bonchev–Trinajstić information content (AvgIpc) is 2.52. The number of aromatic nitrogens is 3. The van der Waals surface area contributed by atoms with Crippen molar-refractivity contribution in [3.63, 3.8) is 0 Å². The minimum atomic E-state index is -0.218. The van der Waals surface area contributed by atoms with Crippen LogP contribution in [0.4, 0.5) is 5.82 Å². The standard InChI is InChI=1S/C19H26N4O/c1-6-14-11-16(22-17(21-14)15-9-7-8-10-20-15)23-12-18(2,3)24-19(4,5)13-23/h7-11H,6,12-13H2,1-5H3. The van der Waals surface area contributed by atoms with Crippen molar-refractivity contribution in [2.75, 3.05) is 18.0 Å². The number of hydrogen-bond donors (Lipinski definition) is 0. The number of aryl methyl sites for hydroxylation is 1. The van der Waals surface area contributed by atoms with Crippen LogP contribution >= 0.6 is 0 Å². The van der Waals surface area contributed by atoms with Crippen LogP contribution in [0.5, 0.6) is 0 Å². The Bertz CT molecular complexity index is 697. The Balaban J connectivity index is 2.01. The minimum absolute atomic E-state index is 0.218. The predicted octanol–water partition coefficient (Wildman–Crippen LogP) is 3.49. The number of ether oxygens (including phenoxy) is 1. The van der Waals surface area contributed by atoms with E-state index in [-0.39, 0.29) is 11.2 Å². The number of morpholine rings is 1. The molecule has 24 heavy (non-hydrogen) atoms. The van der Waals surface area contributed by atoms with E-state index in [9.17, 15) is 0 Å². The lowest BCUT2D eigenvalue weighted by Crippen LogP contribution is -2.57. The first-order chi connectivity index (χ1) is 11.3. The molecule has 0 amide bonds. The van der Waals surface area contributed by atoms with Gasteiger partial charge in [-0.2, -0.15) is 0 Å². The summed E-state index contributed by atoms with van der Waals surface area (Å²) in [6.45, 7) is 12.2. The molecule has 0 aliphatic carbocycles. The van der Waals surface area contributed by atoms with Crippen molar-refractivity contribution >= 4 is 5.82 Å². The van der Waals surface area contributed by atoms with Crippen LogP contribution in [0.2, 0.25) is 0 Å². The van der Waals surface area contributed by atoms with Crippen LogP contribution in [0, 0.1) is 0 Å². The lowest BCUT2D eigenvalue weighted by Gasteiger charge is -2.47. The molecular weight excluding hydrogens is 300 g/mol. The summed E-state index contributed by atoms with van der Waals surface area (Å²) in [4.78, 5) is 16.2. The van der Waals surface area contributed by atoms with Gasteiger partial charge in [-0.25, -0.2) is 9.97 Å². The molecule has 3 heterocycles. The van der Waals surface area contributed by atoms with E-state index in [2.05, 4.69) is 55.6 Å². The van der Waals surface area contributed by atoms with Crippen LogP contribution in [-0.4, -0.2) is 39.2 Å². The van der Waals surface area contributed by atoms with Crippen molar-refractivity contribution in [1.82, 2.24) is 15.0 Å². The number of rotatable bonds is 3. The fraction of sp³-hybridized carbons (Fsp3) is 0.526. The van der Waals surface area contributed by atoms with Crippen LogP contribution in [0.3, 0.4) is 0 Å². The largest absolute Gasteiger partial charge is 0.366 e. The smallest absolute Gasteiger partial charge is 0.180 e. The van der Waals surface area contributed by atoms with E-state index in [1.54, 1.807) is 6.20 Å². The van der Waals surface area contributed by atoms with E-state index >= 15 is 0 Å². The maximum absolute atomic E-state index is 6.19. The molecule has 1 saturated heterocycles. The maximum Gasteiger partial charge on any atom is 0.180 e. The van der Waals surface area contributed by atoms with Gasteiger partial charge in [0, 0.05) is 31.0 Å². The molecule has 0 radical (unpaired) electrons. The third-order valence-electron chi connectivity index (χ3n) is 4.04. The molecule has 3 rings (SSSR count). The minimum Gasteiger partial charge on any atom is -0.366 e. The molecule has 0 N–H and O–H groups in total. The number of anilines is 1. The SMILES string of the molecule is CCc1cc(N2CC(C)(C)OC(C)(C)C2)nc(-c2ccccn2)n1. The summed E-state index contributed by atoms with van der Waals surface area (Å²) < 4.78 is 6.19. The van der Waals surface area contributed by atoms with Crippen molar-refractivity contribution in [2.45, 2.75) is 52.2 Å². The van der Waals surface area contributed by atoms with Crippen molar-refractivity contribution in [3.05, 3.63) is 36.2 Å². The van der Waals surface area contributed by atoms with E-state index in [0.29, 0.717) is 5.82 Å². The quantitative estimate of drug-likeness (QED) is 0.864. The van der Waals surface area contributed by atoms with Gasteiger partial charge in [0.15, 0.2) is 5.82 Å². The molecule has 1 aliphatic heterocycles. The third kappa shape index (κ3) is 3.73. The molecule has 1 aliphatic rings. The van der Waals surface area contributed by atoms with E-state index in [1.165, 1.54) is 0 Å². The summed E-state index contributed by atoms with van der Waals surface area (Å²) in [5, 5.41) is 0. The molecule has 2 aromatic rings. The molecule has 5 nitrogen and oxygen atoms in total. The second-order valence-corrected chi connectivity index (χ2v) is 7.59. The van der Waals surface area contributed by atoms with Gasteiger partial charge in [-0.15, -0.1) is 0 Å². The third-order valence-corrected chi connectivity index (χ3v) is 4.04. The van der Waals surface area contributed by atoms with Crippen molar-refractivity contribution in [3.8, 4) is 11.5 Å². The normalized spacial score (nSPS) is 19.3. The number of pyridine rings is 1. The molecule has 0 unspecified atom stereocenters. The van der Waals surface area contributed by atoms with Crippen LogP contribution in [0.15, 0.2) is 30.5 Å². The zero-order valence-corrected chi connectivity index (χ0v) is 15.2. The van der Waals surface area contributed by atoms with Crippen LogP contribution < -0.4 is 4.90 Å². The summed E-state index contributed by atoms with van der Waals surface area (Å²) >= 11 is 0. The van der Waals surface area contributed by atoms with Crippen LogP contribution in [0.25, 0.3) is 11.5 Å². The first kappa shape index (κ1) is 16.8. The molecule has 0 aromatic carbocycles. The van der Waals surface area contributed by atoms with Gasteiger partial charge in [0.1, 0.15) is 11.5 Å². The van der Waals surface area contributed by atoms with Crippen LogP contribution in [0.1, 0.15) is 40.3 Å². The van der Waals surface area contributed by atoms with Crippen molar-refractivity contribution in [1.29, 1.82) is 0 Å². The Labute approximate surface area is 144 Å². The van der Waals surface area contributed by atoms with Gasteiger partial charge in [-0.3, -0.25) is 4.98 Å². The summed E-state index contributed by atoms with van der Waals surface area (Å²) in [5.74, 6) is 1.64. The van der Waals surface area contributed by atoms with E-state index in [1.807, 2.05) is 18.2 Å². The molecule has 2 aromatic heterocycles. The average molecular weight is 326 g/mol. The fourth-order valence-electron chi connectivity index (χ4n) is 3.39. The number of hydrogen-bond acceptors (Lipinski definition) is 5. The first-order valence-electron chi connectivity index (χ1n) is 8.52. The summed E-state index contributed by atoms with van der Waals surface area (Å²) in [7, 11) is 0. The Morgan fingerprint density at radius 3 is 2.38 bits per heavy atom.